The van der Waals surface area contributed by atoms with Crippen LogP contribution in [0, 0.1) is 11.8 Å². The highest BCUT2D eigenvalue weighted by molar-refractivity contribution is 7.09. The first-order valence-corrected chi connectivity index (χ1v) is 9.74. The van der Waals surface area contributed by atoms with Gasteiger partial charge in [0, 0.05) is 31.6 Å². The van der Waals surface area contributed by atoms with Crippen molar-refractivity contribution >= 4 is 17.3 Å². The number of hydrogen-bond donors (Lipinski definition) is 2. The Morgan fingerprint density at radius 3 is 2.74 bits per heavy atom. The highest BCUT2D eigenvalue weighted by Gasteiger charge is 2.19. The molecule has 0 bridgehead atoms. The maximum absolute atomic E-state index is 4.32. The number of hydrogen-bond acceptors (Lipinski definition) is 3. The van der Waals surface area contributed by atoms with E-state index >= 15 is 0 Å². The van der Waals surface area contributed by atoms with Gasteiger partial charge in [0.05, 0.1) is 0 Å². The molecule has 0 radical (unpaired) electrons. The molecule has 0 aliphatic carbocycles. The van der Waals surface area contributed by atoms with Gasteiger partial charge < -0.3 is 10.6 Å². The highest BCUT2D eigenvalue weighted by atomic mass is 32.1. The zero-order chi connectivity index (χ0) is 16.5. The molecule has 0 unspecified atom stereocenters. The van der Waals surface area contributed by atoms with Crippen LogP contribution in [0.1, 0.15) is 38.0 Å². The normalized spacial score (nSPS) is 17.7. The third-order valence-corrected chi connectivity index (χ3v) is 5.32. The fourth-order valence-electron chi connectivity index (χ4n) is 2.91. The predicted molar refractivity (Wildman–Crippen MR) is 101 cm³/mol. The van der Waals surface area contributed by atoms with Gasteiger partial charge in [0.25, 0.3) is 0 Å². The van der Waals surface area contributed by atoms with E-state index in [0.29, 0.717) is 0 Å². The topological polar surface area (TPSA) is 39.7 Å². The van der Waals surface area contributed by atoms with Crippen LogP contribution in [0.2, 0.25) is 0 Å². The van der Waals surface area contributed by atoms with E-state index in [1.54, 1.807) is 0 Å². The van der Waals surface area contributed by atoms with E-state index in [0.717, 1.165) is 37.4 Å². The summed E-state index contributed by atoms with van der Waals surface area (Å²) in [6, 6.07) is 4.39. The first-order chi connectivity index (χ1) is 11.2. The average Bonchev–Trinajstić information content (AvgIpc) is 3.05. The summed E-state index contributed by atoms with van der Waals surface area (Å²) >= 11 is 1.87. The fourth-order valence-corrected chi connectivity index (χ4v) is 3.66. The molecule has 0 amide bonds. The molecule has 1 fully saturated rings. The lowest BCUT2D eigenvalue weighted by atomic mass is 9.97. The third-order valence-electron chi connectivity index (χ3n) is 4.46. The summed E-state index contributed by atoms with van der Waals surface area (Å²) in [4.78, 5) is 8.38. The number of nitrogens with zero attached hydrogens (tertiary/aromatic N) is 2. The van der Waals surface area contributed by atoms with Crippen LogP contribution in [-0.2, 0) is 6.54 Å². The Morgan fingerprint density at radius 2 is 2.13 bits per heavy atom. The summed E-state index contributed by atoms with van der Waals surface area (Å²) in [6.07, 6.45) is 3.74. The van der Waals surface area contributed by atoms with Crippen molar-refractivity contribution in [1.82, 2.24) is 15.5 Å². The summed E-state index contributed by atoms with van der Waals surface area (Å²) in [5.74, 6) is 2.44. The maximum atomic E-state index is 4.32. The van der Waals surface area contributed by atoms with E-state index < -0.39 is 0 Å². The summed E-state index contributed by atoms with van der Waals surface area (Å²) in [5.41, 5.74) is 0. The summed E-state index contributed by atoms with van der Waals surface area (Å²) in [7, 11) is 1.86. The lowest BCUT2D eigenvalue weighted by Gasteiger charge is -2.32. The van der Waals surface area contributed by atoms with Crippen molar-refractivity contribution in [2.75, 3.05) is 33.2 Å². The molecule has 130 valence electrons. The van der Waals surface area contributed by atoms with Crippen molar-refractivity contribution in [3.63, 3.8) is 0 Å². The molecule has 2 heterocycles. The van der Waals surface area contributed by atoms with E-state index in [2.05, 4.69) is 51.9 Å². The first-order valence-electron chi connectivity index (χ1n) is 8.86. The number of piperidine rings is 1. The van der Waals surface area contributed by atoms with Crippen molar-refractivity contribution < 1.29 is 0 Å². The van der Waals surface area contributed by atoms with Gasteiger partial charge in [0.15, 0.2) is 5.96 Å². The van der Waals surface area contributed by atoms with Gasteiger partial charge in [0.2, 0.25) is 0 Å². The fraction of sp³-hybridized carbons (Fsp3) is 0.722. The molecular formula is C18H32N4S. The Bertz CT molecular complexity index is 448. The van der Waals surface area contributed by atoms with Crippen LogP contribution >= 0.6 is 11.3 Å². The molecule has 1 saturated heterocycles. The van der Waals surface area contributed by atoms with Crippen molar-refractivity contribution in [1.29, 1.82) is 0 Å². The van der Waals surface area contributed by atoms with Gasteiger partial charge in [-0.3, -0.25) is 9.89 Å². The quantitative estimate of drug-likeness (QED) is 0.593. The Balaban J connectivity index is 1.61. The molecule has 0 spiro atoms. The van der Waals surface area contributed by atoms with E-state index in [9.17, 15) is 0 Å². The van der Waals surface area contributed by atoms with Crippen LogP contribution in [0.5, 0.6) is 0 Å². The minimum absolute atomic E-state index is 0.730. The largest absolute Gasteiger partial charge is 0.356 e. The van der Waals surface area contributed by atoms with Gasteiger partial charge in [-0.25, -0.2) is 0 Å². The third kappa shape index (κ3) is 6.92. The van der Waals surface area contributed by atoms with Crippen LogP contribution in [0.25, 0.3) is 0 Å². The van der Waals surface area contributed by atoms with E-state index in [4.69, 9.17) is 0 Å². The molecule has 1 aromatic heterocycles. The van der Waals surface area contributed by atoms with Crippen molar-refractivity contribution in [3.05, 3.63) is 22.4 Å². The van der Waals surface area contributed by atoms with E-state index in [1.807, 2.05) is 18.4 Å². The number of likely N-dealkylation sites (tertiary alicyclic amines) is 1. The monoisotopic (exact) mass is 336 g/mol. The maximum Gasteiger partial charge on any atom is 0.190 e. The number of thiophene rings is 1. The van der Waals surface area contributed by atoms with Crippen molar-refractivity contribution in [2.24, 2.45) is 16.8 Å². The summed E-state index contributed by atoms with van der Waals surface area (Å²) in [5, 5.41) is 9.07. The number of rotatable bonds is 7. The molecule has 0 atom stereocenters. The second-order valence-electron chi connectivity index (χ2n) is 6.86. The van der Waals surface area contributed by atoms with E-state index in [-0.39, 0.29) is 0 Å². The second-order valence-corrected chi connectivity index (χ2v) is 7.89. The molecule has 0 saturated carbocycles. The van der Waals surface area contributed by atoms with Gasteiger partial charge in [-0.15, -0.1) is 11.3 Å². The number of guanidine groups is 1. The minimum atomic E-state index is 0.730. The summed E-state index contributed by atoms with van der Waals surface area (Å²) < 4.78 is 0. The molecule has 2 N–H and O–H groups in total. The van der Waals surface area contributed by atoms with Gasteiger partial charge >= 0.3 is 0 Å². The Kier molecular flexibility index (Phi) is 7.89. The van der Waals surface area contributed by atoms with Crippen LogP contribution < -0.4 is 10.6 Å². The smallest absolute Gasteiger partial charge is 0.190 e. The lowest BCUT2D eigenvalue weighted by molar-refractivity contribution is 0.179. The van der Waals surface area contributed by atoms with Gasteiger partial charge in [-0.05, 0) is 55.6 Å². The first kappa shape index (κ1) is 18.3. The molecule has 23 heavy (non-hydrogen) atoms. The standard InChI is InChI=1S/C18H32N4S/c1-15(2)6-9-20-18(19-3)21-13-16-7-10-22(11-8-16)14-17-5-4-12-23-17/h4-5,12,15-16H,6-11,13-14H2,1-3H3,(H2,19,20,21). The lowest BCUT2D eigenvalue weighted by Crippen LogP contribution is -2.43. The predicted octanol–water partition coefficient (Wildman–Crippen LogP) is 3.17. The van der Waals surface area contributed by atoms with Crippen LogP contribution in [-0.4, -0.2) is 44.1 Å². The Morgan fingerprint density at radius 1 is 1.35 bits per heavy atom. The van der Waals surface area contributed by atoms with Gasteiger partial charge in [-0.2, -0.15) is 0 Å². The van der Waals surface area contributed by atoms with Crippen LogP contribution in [0.15, 0.2) is 22.5 Å². The van der Waals surface area contributed by atoms with Crippen molar-refractivity contribution in [2.45, 2.75) is 39.7 Å². The number of nitrogens with one attached hydrogen (secondary N) is 2. The zero-order valence-electron chi connectivity index (χ0n) is 14.8. The molecule has 2 rings (SSSR count). The van der Waals surface area contributed by atoms with Crippen LogP contribution in [0.3, 0.4) is 0 Å². The molecule has 4 nitrogen and oxygen atoms in total. The molecule has 1 aliphatic rings. The minimum Gasteiger partial charge on any atom is -0.356 e. The summed E-state index contributed by atoms with van der Waals surface area (Å²) in [6.45, 7) is 10.1. The van der Waals surface area contributed by atoms with Gasteiger partial charge in [0.1, 0.15) is 0 Å². The van der Waals surface area contributed by atoms with Crippen molar-refractivity contribution in [3.8, 4) is 0 Å². The SMILES string of the molecule is CN=C(NCCC(C)C)NCC1CCN(Cc2cccs2)CC1. The highest BCUT2D eigenvalue weighted by Crippen LogP contribution is 2.20. The van der Waals surface area contributed by atoms with Gasteiger partial charge in [-0.1, -0.05) is 19.9 Å². The van der Waals surface area contributed by atoms with Crippen LogP contribution in [0.4, 0.5) is 0 Å². The molecule has 5 heteroatoms. The Labute approximate surface area is 145 Å². The van der Waals surface area contributed by atoms with E-state index in [1.165, 1.54) is 37.2 Å². The molecule has 1 aliphatic heterocycles. The number of aliphatic imine (C=N–C) groups is 1. The average molecular weight is 337 g/mol. The molecule has 1 aromatic rings. The zero-order valence-corrected chi connectivity index (χ0v) is 15.7. The Hall–Kier alpha value is -1.07. The molecule has 0 aromatic carbocycles. The molecular weight excluding hydrogens is 304 g/mol. The second kappa shape index (κ2) is 9.93.